The second kappa shape index (κ2) is 10.3. The Balaban J connectivity index is 1.56. The molecule has 0 aliphatic heterocycles. The minimum atomic E-state index is -4.50. The third kappa shape index (κ3) is 5.79. The average molecular weight is 451 g/mol. The van der Waals surface area contributed by atoms with Crippen molar-refractivity contribution < 1.29 is 32.6 Å². The number of ether oxygens (including phenoxy) is 1. The predicted molar refractivity (Wildman–Crippen MR) is 112 cm³/mol. The van der Waals surface area contributed by atoms with Crippen molar-refractivity contribution in [2.75, 3.05) is 13.7 Å². The predicted octanol–water partition coefficient (Wildman–Crippen LogP) is 4.19. The molecule has 0 heterocycles. The second-order valence-corrected chi connectivity index (χ2v) is 8.33. The molecule has 0 aromatic heterocycles. The van der Waals surface area contributed by atoms with Crippen LogP contribution in [0.15, 0.2) is 48.6 Å². The first-order valence-electron chi connectivity index (χ1n) is 10.8. The Morgan fingerprint density at radius 3 is 2.75 bits per heavy atom. The van der Waals surface area contributed by atoms with E-state index in [0.717, 1.165) is 18.6 Å². The largest absolute Gasteiger partial charge is 0.469 e. The number of allylic oxidation sites excluding steroid dienone is 4. The third-order valence-electron chi connectivity index (χ3n) is 6.23. The van der Waals surface area contributed by atoms with Gasteiger partial charge in [0.05, 0.1) is 24.7 Å². The van der Waals surface area contributed by atoms with Crippen molar-refractivity contribution in [1.29, 1.82) is 0 Å². The smallest absolute Gasteiger partial charge is 0.416 e. The van der Waals surface area contributed by atoms with E-state index in [2.05, 4.69) is 16.1 Å². The summed E-state index contributed by atoms with van der Waals surface area (Å²) in [4.78, 5) is 24.1. The molecule has 0 saturated heterocycles. The summed E-state index contributed by atoms with van der Waals surface area (Å²) in [5, 5.41) is 13.0. The zero-order valence-corrected chi connectivity index (χ0v) is 17.8. The van der Waals surface area contributed by atoms with Gasteiger partial charge in [0.1, 0.15) is 0 Å². The van der Waals surface area contributed by atoms with Crippen molar-refractivity contribution in [3.05, 3.63) is 59.7 Å². The molecule has 5 unspecified atom stereocenters. The fourth-order valence-electron chi connectivity index (χ4n) is 4.57. The molecule has 2 aliphatic carbocycles. The van der Waals surface area contributed by atoms with Crippen LogP contribution in [0.25, 0.3) is 0 Å². The molecule has 1 saturated carbocycles. The SMILES string of the molecule is COC(=O)CCCC=CC1C2C=CC(C2)C1C(=O)NCC(O)c1cccc(C(F)(F)F)c1. The van der Waals surface area contributed by atoms with Gasteiger partial charge in [0, 0.05) is 13.0 Å². The number of amides is 1. The number of fused-ring (bicyclic) bond motifs is 2. The molecule has 0 spiro atoms. The quantitative estimate of drug-likeness (QED) is 0.335. The Morgan fingerprint density at radius 2 is 2.03 bits per heavy atom. The van der Waals surface area contributed by atoms with Crippen molar-refractivity contribution in [3.63, 3.8) is 0 Å². The number of alkyl halides is 3. The van der Waals surface area contributed by atoms with Crippen molar-refractivity contribution in [2.45, 2.75) is 38.0 Å². The monoisotopic (exact) mass is 451 g/mol. The van der Waals surface area contributed by atoms with Gasteiger partial charge in [0.2, 0.25) is 5.91 Å². The summed E-state index contributed by atoms with van der Waals surface area (Å²) in [6, 6.07) is 4.49. The molecule has 3 rings (SSSR count). The van der Waals surface area contributed by atoms with Crippen LogP contribution in [0.2, 0.25) is 0 Å². The normalized spacial score (nSPS) is 25.3. The van der Waals surface area contributed by atoms with Gasteiger partial charge in [0.25, 0.3) is 0 Å². The lowest BCUT2D eigenvalue weighted by Gasteiger charge is -2.25. The molecule has 8 heteroatoms. The molecule has 2 N–H and O–H groups in total. The lowest BCUT2D eigenvalue weighted by Crippen LogP contribution is -2.38. The number of aliphatic hydroxyl groups excluding tert-OH is 1. The van der Waals surface area contributed by atoms with Gasteiger partial charge < -0.3 is 15.2 Å². The number of hydrogen-bond donors (Lipinski definition) is 2. The topological polar surface area (TPSA) is 75.6 Å². The van der Waals surface area contributed by atoms with Crippen molar-refractivity contribution in [1.82, 2.24) is 5.32 Å². The molecule has 2 aliphatic rings. The fourth-order valence-corrected chi connectivity index (χ4v) is 4.57. The van der Waals surface area contributed by atoms with Gasteiger partial charge in [-0.1, -0.05) is 36.4 Å². The van der Waals surface area contributed by atoms with Crippen LogP contribution in [0, 0.1) is 23.7 Å². The highest BCUT2D eigenvalue weighted by molar-refractivity contribution is 5.80. The Morgan fingerprint density at radius 1 is 1.28 bits per heavy atom. The summed E-state index contributed by atoms with van der Waals surface area (Å²) in [6.07, 6.45) is 5.04. The maximum atomic E-state index is 12.9. The van der Waals surface area contributed by atoms with Gasteiger partial charge in [-0.15, -0.1) is 0 Å². The number of nitrogens with one attached hydrogen (secondary N) is 1. The van der Waals surface area contributed by atoms with E-state index in [1.807, 2.05) is 18.2 Å². The summed E-state index contributed by atoms with van der Waals surface area (Å²) in [6.45, 7) is -0.159. The Kier molecular flexibility index (Phi) is 7.77. The molecule has 5 atom stereocenters. The number of rotatable bonds is 9. The minimum absolute atomic E-state index is 0.0221. The highest BCUT2D eigenvalue weighted by Gasteiger charge is 2.46. The standard InChI is InChI=1S/C24H28F3NO4/c1-32-21(30)9-4-2-3-8-19-15-10-11-17(12-15)22(19)23(31)28-14-20(29)16-6-5-7-18(13-16)24(25,26)27/h3,5-8,10-11,13,15,17,19-20,22,29H,2,4,9,12,14H2,1H3,(H,28,31). The van der Waals surface area contributed by atoms with Gasteiger partial charge in [-0.3, -0.25) is 9.59 Å². The summed E-state index contributed by atoms with van der Waals surface area (Å²) < 4.78 is 43.3. The van der Waals surface area contributed by atoms with Crippen molar-refractivity contribution >= 4 is 11.9 Å². The lowest BCUT2D eigenvalue weighted by atomic mass is 9.82. The molecule has 2 bridgehead atoms. The highest BCUT2D eigenvalue weighted by Crippen LogP contribution is 2.48. The van der Waals surface area contributed by atoms with Crippen molar-refractivity contribution in [3.8, 4) is 0 Å². The van der Waals surface area contributed by atoms with E-state index in [-0.39, 0.29) is 47.7 Å². The number of benzene rings is 1. The van der Waals surface area contributed by atoms with Crippen molar-refractivity contribution in [2.24, 2.45) is 23.7 Å². The number of hydrogen-bond acceptors (Lipinski definition) is 4. The number of carbonyl (C=O) groups is 2. The maximum absolute atomic E-state index is 12.9. The van der Waals surface area contributed by atoms with E-state index in [9.17, 15) is 27.9 Å². The van der Waals surface area contributed by atoms with Crippen LogP contribution in [0.1, 0.15) is 42.9 Å². The van der Waals surface area contributed by atoms with Gasteiger partial charge in [-0.2, -0.15) is 13.2 Å². The first kappa shape index (κ1) is 24.0. The summed E-state index contributed by atoms with van der Waals surface area (Å²) in [5.41, 5.74) is -0.731. The van der Waals surface area contributed by atoms with Crippen LogP contribution in [0.3, 0.4) is 0 Å². The Bertz CT molecular complexity index is 880. The van der Waals surface area contributed by atoms with Gasteiger partial charge in [0.15, 0.2) is 0 Å². The highest BCUT2D eigenvalue weighted by atomic mass is 19.4. The summed E-state index contributed by atoms with van der Waals surface area (Å²) >= 11 is 0. The van der Waals surface area contributed by atoms with Crippen LogP contribution in [-0.2, 0) is 20.5 Å². The lowest BCUT2D eigenvalue weighted by molar-refractivity contribution is -0.140. The number of carbonyl (C=O) groups excluding carboxylic acids is 2. The van der Waals surface area contributed by atoms with Crippen LogP contribution < -0.4 is 5.32 Å². The molecule has 1 aromatic rings. The summed E-state index contributed by atoms with van der Waals surface area (Å²) in [5.74, 6) is -0.351. The molecular formula is C24H28F3NO4. The van der Waals surface area contributed by atoms with E-state index in [4.69, 9.17) is 0 Å². The van der Waals surface area contributed by atoms with Crippen LogP contribution in [-0.4, -0.2) is 30.6 Å². The minimum Gasteiger partial charge on any atom is -0.469 e. The number of unbranched alkanes of at least 4 members (excludes halogenated alkanes) is 1. The summed E-state index contributed by atoms with van der Waals surface area (Å²) in [7, 11) is 1.35. The first-order valence-corrected chi connectivity index (χ1v) is 10.8. The van der Waals surface area contributed by atoms with Gasteiger partial charge in [-0.05, 0) is 54.7 Å². The van der Waals surface area contributed by atoms with Gasteiger partial charge >= 0.3 is 12.1 Å². The number of methoxy groups -OCH3 is 1. The zero-order chi connectivity index (χ0) is 23.3. The number of aliphatic hydroxyl groups is 1. The van der Waals surface area contributed by atoms with Gasteiger partial charge in [-0.25, -0.2) is 0 Å². The number of esters is 1. The molecule has 5 nitrogen and oxygen atoms in total. The van der Waals surface area contributed by atoms with E-state index < -0.39 is 17.8 Å². The van der Waals surface area contributed by atoms with Crippen LogP contribution in [0.4, 0.5) is 13.2 Å². The fraction of sp³-hybridized carbons (Fsp3) is 0.500. The molecular weight excluding hydrogens is 423 g/mol. The first-order chi connectivity index (χ1) is 15.2. The molecule has 174 valence electrons. The van der Waals surface area contributed by atoms with Crippen LogP contribution in [0.5, 0.6) is 0 Å². The maximum Gasteiger partial charge on any atom is 0.416 e. The molecule has 1 amide bonds. The Hall–Kier alpha value is -2.61. The zero-order valence-electron chi connectivity index (χ0n) is 17.8. The average Bonchev–Trinajstić information content (AvgIpc) is 3.38. The molecule has 0 radical (unpaired) electrons. The van der Waals surface area contributed by atoms with Crippen LogP contribution >= 0.6 is 0 Å². The van der Waals surface area contributed by atoms with E-state index in [0.29, 0.717) is 19.3 Å². The second-order valence-electron chi connectivity index (χ2n) is 8.33. The molecule has 32 heavy (non-hydrogen) atoms. The van der Waals surface area contributed by atoms with E-state index >= 15 is 0 Å². The molecule has 1 aromatic carbocycles. The third-order valence-corrected chi connectivity index (χ3v) is 6.23. The number of halogens is 3. The van der Waals surface area contributed by atoms with E-state index in [1.165, 1.54) is 19.2 Å². The molecule has 1 fully saturated rings. The van der Waals surface area contributed by atoms with E-state index in [1.54, 1.807) is 0 Å². The Labute approximate surface area is 185 Å².